The van der Waals surface area contributed by atoms with Gasteiger partial charge < -0.3 is 11.1 Å². The molecule has 0 aliphatic heterocycles. The number of amides is 1. The van der Waals surface area contributed by atoms with Gasteiger partial charge in [0, 0.05) is 10.6 Å². The minimum atomic E-state index is -0.829. The van der Waals surface area contributed by atoms with Crippen molar-refractivity contribution in [1.82, 2.24) is 5.32 Å². The third kappa shape index (κ3) is 4.09. The summed E-state index contributed by atoms with van der Waals surface area (Å²) in [6, 6.07) is 3.99. The standard InChI is InChI=1S/C15H20ClFN2O.ClH/c1-10(13-11(16)6-5-7-12(13)17)19-14(20)15(18)8-3-2-4-9-15;/h5-7,10H,2-4,8-9,18H2,1H3,(H,19,20);1H. The van der Waals surface area contributed by atoms with Gasteiger partial charge in [0.1, 0.15) is 5.82 Å². The van der Waals surface area contributed by atoms with Gasteiger partial charge in [-0.3, -0.25) is 4.79 Å². The molecule has 6 heteroatoms. The third-order valence-corrected chi connectivity index (χ3v) is 4.31. The van der Waals surface area contributed by atoms with Gasteiger partial charge in [0.25, 0.3) is 0 Å². The van der Waals surface area contributed by atoms with Gasteiger partial charge in [-0.25, -0.2) is 4.39 Å². The number of nitrogens with one attached hydrogen (secondary N) is 1. The smallest absolute Gasteiger partial charge is 0.240 e. The molecule has 1 aromatic rings. The van der Waals surface area contributed by atoms with Gasteiger partial charge in [0.2, 0.25) is 5.91 Å². The Balaban J connectivity index is 0.00000220. The number of hydrogen-bond acceptors (Lipinski definition) is 2. The lowest BCUT2D eigenvalue weighted by molar-refractivity contribution is -0.128. The van der Waals surface area contributed by atoms with Crippen molar-refractivity contribution in [1.29, 1.82) is 0 Å². The highest BCUT2D eigenvalue weighted by Crippen LogP contribution is 2.29. The molecule has 1 atom stereocenters. The van der Waals surface area contributed by atoms with Crippen LogP contribution in [-0.4, -0.2) is 11.4 Å². The molecule has 1 unspecified atom stereocenters. The van der Waals surface area contributed by atoms with Crippen LogP contribution in [0, 0.1) is 5.82 Å². The molecule has 1 aliphatic rings. The quantitative estimate of drug-likeness (QED) is 0.884. The molecule has 0 bridgehead atoms. The zero-order valence-corrected chi connectivity index (χ0v) is 13.6. The van der Waals surface area contributed by atoms with E-state index >= 15 is 0 Å². The number of benzene rings is 1. The van der Waals surface area contributed by atoms with Crippen LogP contribution in [0.4, 0.5) is 4.39 Å². The van der Waals surface area contributed by atoms with Crippen molar-refractivity contribution in [2.45, 2.75) is 50.6 Å². The van der Waals surface area contributed by atoms with E-state index in [1.54, 1.807) is 19.1 Å². The van der Waals surface area contributed by atoms with Crippen molar-refractivity contribution in [3.05, 3.63) is 34.6 Å². The second-order valence-electron chi connectivity index (χ2n) is 5.55. The number of halogens is 3. The highest BCUT2D eigenvalue weighted by Gasteiger charge is 2.36. The first kappa shape index (κ1) is 18.2. The van der Waals surface area contributed by atoms with Gasteiger partial charge >= 0.3 is 0 Å². The van der Waals surface area contributed by atoms with Crippen molar-refractivity contribution in [2.75, 3.05) is 0 Å². The summed E-state index contributed by atoms with van der Waals surface area (Å²) in [6.07, 6.45) is 4.38. The first-order valence-corrected chi connectivity index (χ1v) is 7.35. The van der Waals surface area contributed by atoms with Gasteiger partial charge in [-0.2, -0.15) is 0 Å². The fraction of sp³-hybridized carbons (Fsp3) is 0.533. The minimum Gasteiger partial charge on any atom is -0.348 e. The summed E-state index contributed by atoms with van der Waals surface area (Å²) in [4.78, 5) is 12.3. The monoisotopic (exact) mass is 334 g/mol. The summed E-state index contributed by atoms with van der Waals surface area (Å²) in [5, 5.41) is 3.11. The zero-order chi connectivity index (χ0) is 14.8. The number of nitrogens with two attached hydrogens (primary N) is 1. The first-order valence-electron chi connectivity index (χ1n) is 6.98. The molecule has 1 aliphatic carbocycles. The predicted molar refractivity (Wildman–Crippen MR) is 85.2 cm³/mol. The van der Waals surface area contributed by atoms with E-state index in [9.17, 15) is 9.18 Å². The topological polar surface area (TPSA) is 55.1 Å². The molecule has 3 N–H and O–H groups in total. The highest BCUT2D eigenvalue weighted by molar-refractivity contribution is 6.31. The van der Waals surface area contributed by atoms with E-state index in [0.717, 1.165) is 19.3 Å². The molecule has 0 heterocycles. The maximum Gasteiger partial charge on any atom is 0.240 e. The van der Waals surface area contributed by atoms with Crippen LogP contribution in [0.15, 0.2) is 18.2 Å². The molecule has 0 saturated heterocycles. The molecule has 1 saturated carbocycles. The van der Waals surface area contributed by atoms with Crippen LogP contribution in [0.5, 0.6) is 0 Å². The van der Waals surface area contributed by atoms with Crippen molar-refractivity contribution in [2.24, 2.45) is 5.73 Å². The molecule has 0 spiro atoms. The second-order valence-corrected chi connectivity index (χ2v) is 5.95. The van der Waals surface area contributed by atoms with Crippen molar-refractivity contribution in [3.63, 3.8) is 0 Å². The lowest BCUT2D eigenvalue weighted by atomic mass is 9.81. The molecule has 1 amide bonds. The van der Waals surface area contributed by atoms with Crippen LogP contribution in [0.2, 0.25) is 5.02 Å². The van der Waals surface area contributed by atoms with Gasteiger partial charge in [-0.15, -0.1) is 12.4 Å². The zero-order valence-electron chi connectivity index (χ0n) is 12.0. The van der Waals surface area contributed by atoms with Crippen LogP contribution in [0.3, 0.4) is 0 Å². The van der Waals surface area contributed by atoms with Crippen molar-refractivity contribution >= 4 is 29.9 Å². The predicted octanol–water partition coefficient (Wildman–Crippen LogP) is 3.74. The summed E-state index contributed by atoms with van der Waals surface area (Å²) in [5.74, 6) is -0.635. The summed E-state index contributed by atoms with van der Waals surface area (Å²) < 4.78 is 13.8. The van der Waals surface area contributed by atoms with Gasteiger partial charge in [-0.05, 0) is 31.9 Å². The maximum atomic E-state index is 13.8. The minimum absolute atomic E-state index is 0. The number of carbonyl (C=O) groups is 1. The summed E-state index contributed by atoms with van der Waals surface area (Å²) in [5.41, 5.74) is 5.64. The summed E-state index contributed by atoms with van der Waals surface area (Å²) >= 11 is 6.01. The molecule has 1 aromatic carbocycles. The average molecular weight is 335 g/mol. The molecular weight excluding hydrogens is 314 g/mol. The Kier molecular flexibility index (Phi) is 6.44. The molecule has 118 valence electrons. The molecule has 0 radical (unpaired) electrons. The van der Waals surface area contributed by atoms with Crippen molar-refractivity contribution in [3.8, 4) is 0 Å². The number of rotatable bonds is 3. The molecule has 0 aromatic heterocycles. The average Bonchev–Trinajstić information content (AvgIpc) is 2.39. The van der Waals surface area contributed by atoms with Crippen LogP contribution in [-0.2, 0) is 4.79 Å². The van der Waals surface area contributed by atoms with Crippen LogP contribution < -0.4 is 11.1 Å². The SMILES string of the molecule is CC(NC(=O)C1(N)CCCCC1)c1c(F)cccc1Cl.Cl. The van der Waals surface area contributed by atoms with E-state index in [4.69, 9.17) is 17.3 Å². The normalized spacial score (nSPS) is 18.5. The Hall–Kier alpha value is -0.840. The van der Waals surface area contributed by atoms with E-state index in [1.165, 1.54) is 6.07 Å². The van der Waals surface area contributed by atoms with Gasteiger partial charge in [0.05, 0.1) is 11.6 Å². The van der Waals surface area contributed by atoms with Crippen LogP contribution in [0.25, 0.3) is 0 Å². The Morgan fingerprint density at radius 3 is 2.57 bits per heavy atom. The van der Waals surface area contributed by atoms with Gasteiger partial charge in [0.15, 0.2) is 0 Å². The first-order chi connectivity index (χ1) is 9.44. The van der Waals surface area contributed by atoms with E-state index < -0.39 is 17.4 Å². The Morgan fingerprint density at radius 2 is 2.00 bits per heavy atom. The molecule has 3 nitrogen and oxygen atoms in total. The van der Waals surface area contributed by atoms with E-state index in [1.807, 2.05) is 0 Å². The van der Waals surface area contributed by atoms with Crippen LogP contribution in [0.1, 0.15) is 50.6 Å². The fourth-order valence-corrected chi connectivity index (χ4v) is 3.07. The van der Waals surface area contributed by atoms with E-state index in [2.05, 4.69) is 5.32 Å². The highest BCUT2D eigenvalue weighted by atomic mass is 35.5. The van der Waals surface area contributed by atoms with Crippen LogP contribution >= 0.6 is 24.0 Å². The number of carbonyl (C=O) groups excluding carboxylic acids is 1. The Bertz CT molecular complexity index is 484. The molecule has 21 heavy (non-hydrogen) atoms. The molecular formula is C15H21Cl2FN2O. The van der Waals surface area contributed by atoms with E-state index in [-0.39, 0.29) is 18.3 Å². The Morgan fingerprint density at radius 1 is 1.38 bits per heavy atom. The largest absolute Gasteiger partial charge is 0.348 e. The van der Waals surface area contributed by atoms with Crippen molar-refractivity contribution < 1.29 is 9.18 Å². The lowest BCUT2D eigenvalue weighted by Crippen LogP contribution is -2.55. The number of hydrogen-bond donors (Lipinski definition) is 2. The third-order valence-electron chi connectivity index (χ3n) is 3.98. The summed E-state index contributed by atoms with van der Waals surface area (Å²) in [7, 11) is 0. The van der Waals surface area contributed by atoms with Gasteiger partial charge in [-0.1, -0.05) is 36.9 Å². The fourth-order valence-electron chi connectivity index (χ4n) is 2.75. The molecule has 1 fully saturated rings. The summed E-state index contributed by atoms with van der Waals surface area (Å²) in [6.45, 7) is 1.72. The molecule has 2 rings (SSSR count). The Labute approximate surface area is 135 Å². The second kappa shape index (κ2) is 7.43. The van der Waals surface area contributed by atoms with E-state index in [0.29, 0.717) is 23.4 Å². The maximum absolute atomic E-state index is 13.8. The lowest BCUT2D eigenvalue weighted by Gasteiger charge is -2.33.